The first kappa shape index (κ1) is 21.1. The first-order valence-electron chi connectivity index (χ1n) is 10.1. The lowest BCUT2D eigenvalue weighted by Crippen LogP contribution is -2.38. The standard InChI is InChI=1S/C23H22F3N3O2/c24-23(25,26)18-7-4-14(5-8-18)20-3-1-2-10-29(20)22(31)15-6-9-19-16(11-15)12-17(13-30)21(27)28-19/h4-9,11-12,20,30H,1-3,10,13H2,(H2,27,28). The van der Waals surface area contributed by atoms with E-state index in [2.05, 4.69) is 4.98 Å². The summed E-state index contributed by atoms with van der Waals surface area (Å²) >= 11 is 0. The highest BCUT2D eigenvalue weighted by Crippen LogP contribution is 2.35. The van der Waals surface area contributed by atoms with Crippen LogP contribution in [0, 0.1) is 0 Å². The van der Waals surface area contributed by atoms with Crippen LogP contribution in [0.25, 0.3) is 10.9 Å². The third-order valence-electron chi connectivity index (χ3n) is 5.73. The number of carbonyl (C=O) groups is 1. The fourth-order valence-corrected chi connectivity index (χ4v) is 4.08. The van der Waals surface area contributed by atoms with Crippen molar-refractivity contribution >= 4 is 22.6 Å². The Balaban J connectivity index is 1.65. The molecule has 0 aliphatic carbocycles. The zero-order chi connectivity index (χ0) is 22.2. The van der Waals surface area contributed by atoms with Crippen LogP contribution in [0.1, 0.15) is 52.4 Å². The number of piperidine rings is 1. The number of nitrogens with zero attached hydrogens (tertiary/aromatic N) is 2. The number of pyridine rings is 1. The van der Waals surface area contributed by atoms with Gasteiger partial charge in [-0.25, -0.2) is 4.98 Å². The minimum absolute atomic E-state index is 0.186. The summed E-state index contributed by atoms with van der Waals surface area (Å²) in [5, 5.41) is 10.1. The van der Waals surface area contributed by atoms with E-state index in [-0.39, 0.29) is 24.4 Å². The zero-order valence-electron chi connectivity index (χ0n) is 16.7. The average molecular weight is 429 g/mol. The lowest BCUT2D eigenvalue weighted by Gasteiger charge is -2.36. The highest BCUT2D eigenvalue weighted by molar-refractivity contribution is 5.98. The smallest absolute Gasteiger partial charge is 0.392 e. The van der Waals surface area contributed by atoms with Crippen molar-refractivity contribution in [3.05, 3.63) is 70.8 Å². The second-order valence-electron chi connectivity index (χ2n) is 7.73. The molecule has 0 spiro atoms. The topological polar surface area (TPSA) is 79.5 Å². The molecule has 3 aromatic rings. The molecule has 4 rings (SSSR count). The highest BCUT2D eigenvalue weighted by Gasteiger charge is 2.32. The Bertz CT molecular complexity index is 1110. The van der Waals surface area contributed by atoms with Crippen molar-refractivity contribution in [2.24, 2.45) is 0 Å². The van der Waals surface area contributed by atoms with Gasteiger partial charge in [-0.15, -0.1) is 0 Å². The van der Waals surface area contributed by atoms with Crippen molar-refractivity contribution < 1.29 is 23.1 Å². The molecular weight excluding hydrogens is 407 g/mol. The van der Waals surface area contributed by atoms with Crippen LogP contribution in [0.3, 0.4) is 0 Å². The van der Waals surface area contributed by atoms with E-state index in [4.69, 9.17) is 5.73 Å². The number of hydrogen-bond acceptors (Lipinski definition) is 4. The van der Waals surface area contributed by atoms with Crippen molar-refractivity contribution in [3.8, 4) is 0 Å². The maximum Gasteiger partial charge on any atom is 0.416 e. The molecule has 0 saturated carbocycles. The number of likely N-dealkylation sites (tertiary alicyclic amines) is 1. The van der Waals surface area contributed by atoms with Crippen molar-refractivity contribution in [2.75, 3.05) is 12.3 Å². The molecule has 2 aromatic carbocycles. The van der Waals surface area contributed by atoms with Crippen molar-refractivity contribution in [3.63, 3.8) is 0 Å². The summed E-state index contributed by atoms with van der Waals surface area (Å²) < 4.78 is 38.7. The van der Waals surface area contributed by atoms with Gasteiger partial charge in [-0.2, -0.15) is 13.2 Å². The number of hydrogen-bond donors (Lipinski definition) is 2. The maximum absolute atomic E-state index is 13.3. The van der Waals surface area contributed by atoms with Gasteiger partial charge >= 0.3 is 6.18 Å². The van der Waals surface area contributed by atoms with Crippen molar-refractivity contribution in [2.45, 2.75) is 38.1 Å². The number of aromatic nitrogens is 1. The molecule has 1 unspecified atom stereocenters. The Morgan fingerprint density at radius 2 is 1.87 bits per heavy atom. The number of alkyl halides is 3. The summed E-state index contributed by atoms with van der Waals surface area (Å²) in [6.45, 7) is 0.277. The number of benzene rings is 2. The predicted octanol–water partition coefficient (Wildman–Crippen LogP) is 4.70. The van der Waals surface area contributed by atoms with Gasteiger partial charge in [-0.1, -0.05) is 12.1 Å². The molecule has 1 amide bonds. The quantitative estimate of drug-likeness (QED) is 0.633. The molecule has 0 radical (unpaired) electrons. The third-order valence-corrected chi connectivity index (χ3v) is 5.73. The fourth-order valence-electron chi connectivity index (χ4n) is 4.08. The van der Waals surface area contributed by atoms with Gasteiger partial charge in [0.2, 0.25) is 0 Å². The molecule has 1 aliphatic heterocycles. The van der Waals surface area contributed by atoms with Crippen LogP contribution in [0.4, 0.5) is 19.0 Å². The van der Waals surface area contributed by atoms with E-state index in [1.807, 2.05) is 0 Å². The van der Waals surface area contributed by atoms with Crippen LogP contribution in [0.2, 0.25) is 0 Å². The van der Waals surface area contributed by atoms with E-state index >= 15 is 0 Å². The number of nitrogens with two attached hydrogens (primary N) is 1. The van der Waals surface area contributed by atoms with E-state index in [1.165, 1.54) is 12.1 Å². The van der Waals surface area contributed by atoms with Crippen LogP contribution in [0.5, 0.6) is 0 Å². The van der Waals surface area contributed by atoms with Crippen LogP contribution in [0.15, 0.2) is 48.5 Å². The number of amides is 1. The van der Waals surface area contributed by atoms with Gasteiger partial charge < -0.3 is 15.7 Å². The lowest BCUT2D eigenvalue weighted by atomic mass is 9.93. The normalized spacial score (nSPS) is 17.2. The Morgan fingerprint density at radius 1 is 1.13 bits per heavy atom. The number of aliphatic hydroxyl groups is 1. The number of halogens is 3. The number of nitrogen functional groups attached to an aromatic ring is 1. The maximum atomic E-state index is 13.3. The first-order chi connectivity index (χ1) is 14.8. The third kappa shape index (κ3) is 4.20. The van der Waals surface area contributed by atoms with Crippen LogP contribution in [-0.2, 0) is 12.8 Å². The van der Waals surface area contributed by atoms with Gasteiger partial charge in [-0.05, 0) is 61.2 Å². The minimum atomic E-state index is -4.39. The molecule has 1 atom stereocenters. The van der Waals surface area contributed by atoms with Gasteiger partial charge in [0.05, 0.1) is 23.7 Å². The molecule has 3 N–H and O–H groups in total. The van der Waals surface area contributed by atoms with Crippen LogP contribution < -0.4 is 5.73 Å². The van der Waals surface area contributed by atoms with E-state index in [0.717, 1.165) is 25.0 Å². The first-order valence-corrected chi connectivity index (χ1v) is 10.1. The molecule has 1 saturated heterocycles. The molecule has 8 heteroatoms. The summed E-state index contributed by atoms with van der Waals surface area (Å²) in [6, 6.07) is 11.6. The Morgan fingerprint density at radius 3 is 2.55 bits per heavy atom. The number of anilines is 1. The molecule has 2 heterocycles. The number of aliphatic hydroxyl groups excluding tert-OH is 1. The summed E-state index contributed by atoms with van der Waals surface area (Å²) in [7, 11) is 0. The van der Waals surface area contributed by atoms with Crippen molar-refractivity contribution in [1.82, 2.24) is 9.88 Å². The second-order valence-corrected chi connectivity index (χ2v) is 7.73. The van der Waals surface area contributed by atoms with Gasteiger partial charge in [0.25, 0.3) is 5.91 Å². The second kappa shape index (κ2) is 8.19. The SMILES string of the molecule is Nc1nc2ccc(C(=O)N3CCCCC3c3ccc(C(F)(F)F)cc3)cc2cc1CO. The summed E-state index contributed by atoms with van der Waals surface area (Å²) in [5.74, 6) is 0.0568. The highest BCUT2D eigenvalue weighted by atomic mass is 19.4. The van der Waals surface area contributed by atoms with Crippen molar-refractivity contribution in [1.29, 1.82) is 0 Å². The lowest BCUT2D eigenvalue weighted by molar-refractivity contribution is -0.137. The molecule has 162 valence electrons. The summed E-state index contributed by atoms with van der Waals surface area (Å²) in [5.41, 5.74) is 7.36. The molecule has 5 nitrogen and oxygen atoms in total. The Hall–Kier alpha value is -3.13. The number of rotatable bonds is 3. The van der Waals surface area contributed by atoms with Gasteiger partial charge in [-0.3, -0.25) is 4.79 Å². The largest absolute Gasteiger partial charge is 0.416 e. The number of carbonyl (C=O) groups excluding carboxylic acids is 1. The molecule has 1 aliphatic rings. The molecular formula is C23H22F3N3O2. The zero-order valence-corrected chi connectivity index (χ0v) is 16.7. The molecule has 1 aromatic heterocycles. The van der Waals surface area contributed by atoms with Crippen LogP contribution >= 0.6 is 0 Å². The fraction of sp³-hybridized carbons (Fsp3) is 0.304. The van der Waals surface area contributed by atoms with E-state index in [1.54, 1.807) is 29.2 Å². The molecule has 1 fully saturated rings. The van der Waals surface area contributed by atoms with E-state index in [9.17, 15) is 23.1 Å². The summed E-state index contributed by atoms with van der Waals surface area (Å²) in [6.07, 6.45) is -1.96. The minimum Gasteiger partial charge on any atom is -0.392 e. The number of fused-ring (bicyclic) bond motifs is 1. The Kier molecular flexibility index (Phi) is 5.58. The predicted molar refractivity (Wildman–Crippen MR) is 111 cm³/mol. The monoisotopic (exact) mass is 429 g/mol. The van der Waals surface area contributed by atoms with Gasteiger partial charge in [0.1, 0.15) is 5.82 Å². The van der Waals surface area contributed by atoms with Gasteiger partial charge in [0, 0.05) is 23.1 Å². The average Bonchev–Trinajstić information content (AvgIpc) is 2.77. The van der Waals surface area contributed by atoms with Gasteiger partial charge in [0.15, 0.2) is 0 Å². The van der Waals surface area contributed by atoms with Crippen LogP contribution in [-0.4, -0.2) is 27.4 Å². The van der Waals surface area contributed by atoms with E-state index < -0.39 is 11.7 Å². The van der Waals surface area contributed by atoms with E-state index in [0.29, 0.717) is 40.6 Å². The molecule has 31 heavy (non-hydrogen) atoms. The summed E-state index contributed by atoms with van der Waals surface area (Å²) in [4.78, 5) is 19.3. The molecule has 0 bridgehead atoms. The Labute approximate surface area is 177 Å².